The smallest absolute Gasteiger partial charge is 0.257 e. The zero-order valence-electron chi connectivity index (χ0n) is 16.5. The Balaban J connectivity index is 1.70. The van der Waals surface area contributed by atoms with Crippen molar-refractivity contribution >= 4 is 50.5 Å². The van der Waals surface area contributed by atoms with Gasteiger partial charge in [0.25, 0.3) is 5.91 Å². The van der Waals surface area contributed by atoms with Crippen molar-refractivity contribution in [3.8, 4) is 17.2 Å². The van der Waals surface area contributed by atoms with Gasteiger partial charge in [-0.05, 0) is 60.0 Å². The summed E-state index contributed by atoms with van der Waals surface area (Å²) in [6.45, 7) is 0.306. The average molecular weight is 487 g/mol. The predicted octanol–water partition coefficient (Wildman–Crippen LogP) is 4.72. The van der Waals surface area contributed by atoms with E-state index in [1.807, 2.05) is 0 Å². The zero-order chi connectivity index (χ0) is 22.9. The quantitative estimate of drug-likeness (QED) is 0.574. The van der Waals surface area contributed by atoms with Gasteiger partial charge in [-0.3, -0.25) is 14.1 Å². The highest BCUT2D eigenvalue weighted by atomic mass is 35.5. The molecule has 0 spiro atoms. The number of halogens is 2. The zero-order valence-corrected chi connectivity index (χ0v) is 18.9. The van der Waals surface area contributed by atoms with Crippen LogP contribution in [-0.2, 0) is 10.0 Å². The van der Waals surface area contributed by atoms with E-state index >= 15 is 0 Å². The number of sulfonamides is 1. The van der Waals surface area contributed by atoms with Crippen LogP contribution in [0.3, 0.4) is 0 Å². The maximum atomic E-state index is 13.0. The molecule has 1 fully saturated rings. The molecule has 1 saturated heterocycles. The Morgan fingerprint density at radius 2 is 1.84 bits per heavy atom. The van der Waals surface area contributed by atoms with Crippen molar-refractivity contribution in [1.82, 2.24) is 4.98 Å². The number of nitrogens with one attached hydrogen (secondary N) is 1. The monoisotopic (exact) mass is 486 g/mol. The van der Waals surface area contributed by atoms with Crippen LogP contribution >= 0.6 is 23.2 Å². The third-order valence-corrected chi connectivity index (χ3v) is 7.65. The molecular formula is C22H16Cl2N4O3S. The predicted molar refractivity (Wildman–Crippen MR) is 125 cm³/mol. The number of hydrogen-bond donors (Lipinski definition) is 1. The van der Waals surface area contributed by atoms with Crippen molar-refractivity contribution in [2.45, 2.75) is 6.42 Å². The van der Waals surface area contributed by atoms with Crippen LogP contribution in [0.25, 0.3) is 11.1 Å². The first-order valence-electron chi connectivity index (χ1n) is 9.55. The van der Waals surface area contributed by atoms with Crippen LogP contribution < -0.4 is 9.62 Å². The molecule has 0 unspecified atom stereocenters. The number of carbonyl (C=O) groups excluding carboxylic acids is 1. The Morgan fingerprint density at radius 3 is 2.50 bits per heavy atom. The van der Waals surface area contributed by atoms with Gasteiger partial charge in [-0.15, -0.1) is 0 Å². The van der Waals surface area contributed by atoms with Crippen molar-refractivity contribution in [3.63, 3.8) is 0 Å². The molecular weight excluding hydrogens is 471 g/mol. The first-order chi connectivity index (χ1) is 15.3. The Morgan fingerprint density at radius 1 is 1.09 bits per heavy atom. The lowest BCUT2D eigenvalue weighted by atomic mass is 10.0. The first kappa shape index (κ1) is 22.1. The van der Waals surface area contributed by atoms with E-state index in [1.54, 1.807) is 36.7 Å². The summed E-state index contributed by atoms with van der Waals surface area (Å²) in [6.07, 6.45) is 3.75. The molecule has 1 aliphatic rings. The summed E-state index contributed by atoms with van der Waals surface area (Å²) >= 11 is 12.5. The number of benzene rings is 2. The highest BCUT2D eigenvalue weighted by Crippen LogP contribution is 2.35. The maximum Gasteiger partial charge on any atom is 0.257 e. The van der Waals surface area contributed by atoms with Gasteiger partial charge < -0.3 is 5.32 Å². The number of hydrogen-bond acceptors (Lipinski definition) is 5. The second kappa shape index (κ2) is 8.79. The fraction of sp³-hybridized carbons (Fsp3) is 0.136. The van der Waals surface area contributed by atoms with Crippen LogP contribution in [0.15, 0.2) is 54.9 Å². The molecule has 0 radical (unpaired) electrons. The number of anilines is 2. The number of amides is 1. The molecule has 7 nitrogen and oxygen atoms in total. The Kier molecular flexibility index (Phi) is 6.07. The minimum absolute atomic E-state index is 0.00954. The molecule has 1 aromatic heterocycles. The molecule has 32 heavy (non-hydrogen) atoms. The van der Waals surface area contributed by atoms with E-state index in [0.717, 1.165) is 11.1 Å². The van der Waals surface area contributed by atoms with Crippen LogP contribution in [0.5, 0.6) is 0 Å². The Hall–Kier alpha value is -3.12. The van der Waals surface area contributed by atoms with Crippen LogP contribution in [0.1, 0.15) is 22.3 Å². The van der Waals surface area contributed by atoms with E-state index < -0.39 is 15.9 Å². The second-order valence-corrected chi connectivity index (χ2v) is 9.93. The minimum Gasteiger partial charge on any atom is -0.322 e. The molecule has 0 aliphatic carbocycles. The molecule has 0 bridgehead atoms. The molecule has 2 aromatic carbocycles. The lowest BCUT2D eigenvalue weighted by Gasteiger charge is -2.19. The highest BCUT2D eigenvalue weighted by Gasteiger charge is 2.30. The van der Waals surface area contributed by atoms with Gasteiger partial charge in [0.05, 0.1) is 38.7 Å². The third-order valence-electron chi connectivity index (χ3n) is 4.98. The molecule has 1 N–H and O–H groups in total. The number of aromatic nitrogens is 1. The number of nitrogens with zero attached hydrogens (tertiary/aromatic N) is 3. The van der Waals surface area contributed by atoms with E-state index in [2.05, 4.69) is 16.4 Å². The van der Waals surface area contributed by atoms with Gasteiger partial charge in [-0.2, -0.15) is 5.26 Å². The van der Waals surface area contributed by atoms with Gasteiger partial charge in [0.15, 0.2) is 0 Å². The molecule has 0 atom stereocenters. The average Bonchev–Trinajstić information content (AvgIpc) is 3.14. The molecule has 4 rings (SSSR count). The molecule has 3 aromatic rings. The molecule has 2 heterocycles. The van der Waals surface area contributed by atoms with Crippen LogP contribution in [0.2, 0.25) is 10.0 Å². The summed E-state index contributed by atoms with van der Waals surface area (Å²) in [5.41, 5.74) is 2.61. The normalized spacial score (nSPS) is 14.7. The van der Waals surface area contributed by atoms with Crippen molar-refractivity contribution in [3.05, 3.63) is 76.0 Å². The van der Waals surface area contributed by atoms with Crippen LogP contribution in [0.4, 0.5) is 11.4 Å². The summed E-state index contributed by atoms with van der Waals surface area (Å²) in [7, 11) is -3.46. The molecule has 1 aliphatic heterocycles. The highest BCUT2D eigenvalue weighted by molar-refractivity contribution is 7.93. The second-order valence-electron chi connectivity index (χ2n) is 7.13. The standard InChI is InChI=1S/C22H16Cl2N4O3S/c23-20-12-18(28-6-1-7-32(28,30)31)11-19(21(20)24)22(29)27-17-9-14(13-25)8-16(10-17)15-2-4-26-5-3-15/h2-5,8-12H,1,6-7H2,(H,27,29). The molecule has 1 amide bonds. The first-order valence-corrected chi connectivity index (χ1v) is 11.9. The maximum absolute atomic E-state index is 13.0. The van der Waals surface area contributed by atoms with Gasteiger partial charge >= 0.3 is 0 Å². The summed E-state index contributed by atoms with van der Waals surface area (Å²) in [5, 5.41) is 12.2. The van der Waals surface area contributed by atoms with Crippen molar-refractivity contribution in [1.29, 1.82) is 5.26 Å². The number of nitriles is 1. The molecule has 0 saturated carbocycles. The summed E-state index contributed by atoms with van der Waals surface area (Å²) in [6, 6.07) is 13.5. The number of carbonyl (C=O) groups is 1. The topological polar surface area (TPSA) is 103 Å². The van der Waals surface area contributed by atoms with Crippen LogP contribution in [-0.4, -0.2) is 31.6 Å². The van der Waals surface area contributed by atoms with Gasteiger partial charge in [0.2, 0.25) is 10.0 Å². The van der Waals surface area contributed by atoms with Crippen molar-refractivity contribution in [2.24, 2.45) is 0 Å². The van der Waals surface area contributed by atoms with Gasteiger partial charge in [-0.1, -0.05) is 23.2 Å². The van der Waals surface area contributed by atoms with Gasteiger partial charge in [0.1, 0.15) is 0 Å². The fourth-order valence-electron chi connectivity index (χ4n) is 3.49. The minimum atomic E-state index is -3.46. The van der Waals surface area contributed by atoms with Gasteiger partial charge in [0, 0.05) is 24.6 Å². The van der Waals surface area contributed by atoms with E-state index in [9.17, 15) is 18.5 Å². The Bertz CT molecular complexity index is 1360. The molecule has 10 heteroatoms. The van der Waals surface area contributed by atoms with E-state index in [1.165, 1.54) is 22.5 Å². The van der Waals surface area contributed by atoms with E-state index in [4.69, 9.17) is 23.2 Å². The summed E-state index contributed by atoms with van der Waals surface area (Å²) < 4.78 is 25.8. The van der Waals surface area contributed by atoms with Gasteiger partial charge in [-0.25, -0.2) is 8.42 Å². The fourth-order valence-corrected chi connectivity index (χ4v) is 5.44. The largest absolute Gasteiger partial charge is 0.322 e. The van der Waals surface area contributed by atoms with Crippen molar-refractivity contribution < 1.29 is 13.2 Å². The SMILES string of the molecule is N#Cc1cc(NC(=O)c2cc(N3CCCS3(=O)=O)cc(Cl)c2Cl)cc(-c2ccncc2)c1. The van der Waals surface area contributed by atoms with E-state index in [-0.39, 0.29) is 27.0 Å². The lowest BCUT2D eigenvalue weighted by Crippen LogP contribution is -2.25. The van der Waals surface area contributed by atoms with Crippen molar-refractivity contribution in [2.75, 3.05) is 21.9 Å². The number of pyridine rings is 1. The number of rotatable bonds is 4. The lowest BCUT2D eigenvalue weighted by molar-refractivity contribution is 0.102. The van der Waals surface area contributed by atoms with Crippen LogP contribution in [0, 0.1) is 11.3 Å². The third kappa shape index (κ3) is 4.41. The Labute approximate surface area is 195 Å². The summed E-state index contributed by atoms with van der Waals surface area (Å²) in [5.74, 6) is -0.542. The van der Waals surface area contributed by atoms with E-state index in [0.29, 0.717) is 24.2 Å². The molecule has 162 valence electrons. The summed E-state index contributed by atoms with van der Waals surface area (Å²) in [4.78, 5) is 17.0.